The average molecular weight is 274 g/mol. The summed E-state index contributed by atoms with van der Waals surface area (Å²) in [5.41, 5.74) is 0. The van der Waals surface area contributed by atoms with E-state index in [-0.39, 0.29) is 6.10 Å². The molecule has 1 aromatic rings. The first kappa shape index (κ1) is 12.9. The van der Waals surface area contributed by atoms with Gasteiger partial charge in [0, 0.05) is 25.4 Å². The lowest BCUT2D eigenvalue weighted by Gasteiger charge is -2.55. The van der Waals surface area contributed by atoms with E-state index in [1.807, 2.05) is 12.4 Å². The van der Waals surface area contributed by atoms with Gasteiger partial charge in [-0.2, -0.15) is 0 Å². The van der Waals surface area contributed by atoms with E-state index in [4.69, 9.17) is 0 Å². The van der Waals surface area contributed by atoms with Crippen molar-refractivity contribution in [1.29, 1.82) is 0 Å². The zero-order chi connectivity index (χ0) is 13.7. The highest BCUT2D eigenvalue weighted by Gasteiger charge is 2.50. The Morgan fingerprint density at radius 2 is 1.85 bits per heavy atom. The van der Waals surface area contributed by atoms with E-state index in [0.717, 1.165) is 42.5 Å². The van der Waals surface area contributed by atoms with E-state index in [0.29, 0.717) is 5.92 Å². The van der Waals surface area contributed by atoms with Crippen LogP contribution in [0.1, 0.15) is 44.9 Å². The fraction of sp³-hybridized carbons (Fsp3) is 0.824. The van der Waals surface area contributed by atoms with Gasteiger partial charge in [0.05, 0.1) is 6.10 Å². The summed E-state index contributed by atoms with van der Waals surface area (Å²) in [5, 5.41) is 10.8. The van der Waals surface area contributed by atoms with Crippen molar-refractivity contribution < 1.29 is 5.11 Å². The summed E-state index contributed by atoms with van der Waals surface area (Å²) in [4.78, 5) is 4.44. The molecule has 4 aliphatic rings. The van der Waals surface area contributed by atoms with Crippen molar-refractivity contribution in [3.8, 4) is 0 Å². The second-order valence-electron chi connectivity index (χ2n) is 7.41. The second kappa shape index (κ2) is 4.87. The van der Waals surface area contributed by atoms with Crippen LogP contribution in [0.25, 0.3) is 0 Å². The van der Waals surface area contributed by atoms with E-state index < -0.39 is 0 Å². The molecular formula is C17H26N2O. The average Bonchev–Trinajstić information content (AvgIpc) is 2.84. The first-order valence-electron chi connectivity index (χ1n) is 8.42. The van der Waals surface area contributed by atoms with Crippen LogP contribution in [0.3, 0.4) is 0 Å². The van der Waals surface area contributed by atoms with E-state index in [1.54, 1.807) is 0 Å². The largest absolute Gasteiger partial charge is 0.392 e. The van der Waals surface area contributed by atoms with Gasteiger partial charge in [0.25, 0.3) is 0 Å². The lowest BCUT2D eigenvalue weighted by molar-refractivity contribution is -0.0893. The van der Waals surface area contributed by atoms with Crippen LogP contribution in [0.5, 0.6) is 0 Å². The summed E-state index contributed by atoms with van der Waals surface area (Å²) in [6.07, 6.45) is 11.5. The Balaban J connectivity index is 1.50. The Labute approximate surface area is 121 Å². The number of aliphatic hydroxyl groups is 1. The lowest BCUT2D eigenvalue weighted by Crippen LogP contribution is -2.49. The normalized spacial score (nSPS) is 40.2. The number of aryl methyl sites for hydroxylation is 1. The van der Waals surface area contributed by atoms with Gasteiger partial charge in [0.2, 0.25) is 0 Å². The van der Waals surface area contributed by atoms with E-state index >= 15 is 0 Å². The molecule has 1 aromatic heterocycles. The zero-order valence-corrected chi connectivity index (χ0v) is 12.4. The first-order chi connectivity index (χ1) is 9.74. The van der Waals surface area contributed by atoms with Gasteiger partial charge in [-0.3, -0.25) is 0 Å². The van der Waals surface area contributed by atoms with Gasteiger partial charge in [-0.15, -0.1) is 0 Å². The summed E-state index contributed by atoms with van der Waals surface area (Å²) in [7, 11) is 0. The minimum Gasteiger partial charge on any atom is -0.392 e. The van der Waals surface area contributed by atoms with E-state index in [2.05, 4.69) is 16.5 Å². The fourth-order valence-corrected chi connectivity index (χ4v) is 5.74. The van der Waals surface area contributed by atoms with Crippen molar-refractivity contribution >= 4 is 0 Å². The van der Waals surface area contributed by atoms with Crippen LogP contribution >= 0.6 is 0 Å². The van der Waals surface area contributed by atoms with Crippen molar-refractivity contribution in [3.63, 3.8) is 0 Å². The van der Waals surface area contributed by atoms with Crippen molar-refractivity contribution in [2.75, 3.05) is 0 Å². The highest BCUT2D eigenvalue weighted by molar-refractivity contribution is 5.03. The molecule has 0 radical (unpaired) electrons. The maximum Gasteiger partial charge on any atom is 0.111 e. The second-order valence-corrected chi connectivity index (χ2v) is 7.41. The maximum atomic E-state index is 10.8. The molecule has 1 atom stereocenters. The maximum absolute atomic E-state index is 10.8. The summed E-state index contributed by atoms with van der Waals surface area (Å²) in [6, 6.07) is 0. The topological polar surface area (TPSA) is 38.0 Å². The first-order valence-corrected chi connectivity index (χ1v) is 8.42. The number of aromatic nitrogens is 2. The Kier molecular flexibility index (Phi) is 3.13. The van der Waals surface area contributed by atoms with Gasteiger partial charge in [-0.25, -0.2) is 4.98 Å². The fourth-order valence-electron chi connectivity index (χ4n) is 5.74. The molecule has 4 aliphatic carbocycles. The summed E-state index contributed by atoms with van der Waals surface area (Å²) < 4.78 is 2.17. The SMILES string of the molecule is CCn1ccnc1CC(O)C1C2CC3CC(C2)CC1C3. The van der Waals surface area contributed by atoms with Crippen molar-refractivity contribution in [1.82, 2.24) is 9.55 Å². The standard InChI is InChI=1S/C17H26N2O/c1-2-19-4-3-18-16(19)10-15(20)17-13-6-11-5-12(8-13)9-14(17)7-11/h3-4,11-15,17,20H,2,5-10H2,1H3. The Morgan fingerprint density at radius 1 is 1.20 bits per heavy atom. The van der Waals surface area contributed by atoms with Crippen LogP contribution in [-0.2, 0) is 13.0 Å². The highest BCUT2D eigenvalue weighted by atomic mass is 16.3. The van der Waals surface area contributed by atoms with Gasteiger partial charge < -0.3 is 9.67 Å². The molecule has 110 valence electrons. The summed E-state index contributed by atoms with van der Waals surface area (Å²) in [6.45, 7) is 3.09. The number of imidazole rings is 1. The number of aliphatic hydroxyl groups excluding tert-OH is 1. The van der Waals surface area contributed by atoms with Crippen LogP contribution in [0.15, 0.2) is 12.4 Å². The molecule has 3 heteroatoms. The third-order valence-corrected chi connectivity index (χ3v) is 6.28. The minimum absolute atomic E-state index is 0.183. The lowest BCUT2D eigenvalue weighted by atomic mass is 9.50. The molecule has 1 N–H and O–H groups in total. The Bertz CT molecular complexity index is 453. The van der Waals surface area contributed by atoms with Gasteiger partial charge in [-0.05, 0) is 68.6 Å². The molecule has 1 heterocycles. The Hall–Kier alpha value is -0.830. The molecule has 4 saturated carbocycles. The molecule has 0 amide bonds. The molecular weight excluding hydrogens is 248 g/mol. The minimum atomic E-state index is -0.183. The third kappa shape index (κ3) is 2.02. The van der Waals surface area contributed by atoms with Crippen LogP contribution in [0, 0.1) is 29.6 Å². The number of nitrogens with zero attached hydrogens (tertiary/aromatic N) is 2. The van der Waals surface area contributed by atoms with Gasteiger partial charge >= 0.3 is 0 Å². The predicted molar refractivity (Wildman–Crippen MR) is 78.1 cm³/mol. The van der Waals surface area contributed by atoms with Crippen LogP contribution in [0.4, 0.5) is 0 Å². The molecule has 4 bridgehead atoms. The van der Waals surface area contributed by atoms with Crippen molar-refractivity contribution in [2.45, 2.75) is 58.1 Å². The van der Waals surface area contributed by atoms with E-state index in [9.17, 15) is 5.11 Å². The van der Waals surface area contributed by atoms with Crippen LogP contribution in [-0.4, -0.2) is 20.8 Å². The molecule has 0 spiro atoms. The molecule has 0 aromatic carbocycles. The molecule has 5 rings (SSSR count). The van der Waals surface area contributed by atoms with Crippen molar-refractivity contribution in [3.05, 3.63) is 18.2 Å². The van der Waals surface area contributed by atoms with Gasteiger partial charge in [0.15, 0.2) is 0 Å². The molecule has 3 nitrogen and oxygen atoms in total. The van der Waals surface area contributed by atoms with Crippen molar-refractivity contribution in [2.24, 2.45) is 29.6 Å². The number of rotatable bonds is 4. The molecule has 0 aliphatic heterocycles. The number of hydrogen-bond acceptors (Lipinski definition) is 2. The summed E-state index contributed by atoms with van der Waals surface area (Å²) in [5.74, 6) is 5.17. The van der Waals surface area contributed by atoms with Crippen LogP contribution in [0.2, 0.25) is 0 Å². The highest BCUT2D eigenvalue weighted by Crippen LogP contribution is 2.57. The zero-order valence-electron chi connectivity index (χ0n) is 12.4. The van der Waals surface area contributed by atoms with Gasteiger partial charge in [-0.1, -0.05) is 0 Å². The molecule has 1 unspecified atom stereocenters. The van der Waals surface area contributed by atoms with Crippen LogP contribution < -0.4 is 0 Å². The quantitative estimate of drug-likeness (QED) is 0.917. The monoisotopic (exact) mass is 274 g/mol. The smallest absolute Gasteiger partial charge is 0.111 e. The predicted octanol–water partition coefficient (Wildman–Crippen LogP) is 2.88. The van der Waals surface area contributed by atoms with Gasteiger partial charge in [0.1, 0.15) is 5.82 Å². The molecule has 4 fully saturated rings. The Morgan fingerprint density at radius 3 is 2.45 bits per heavy atom. The number of hydrogen-bond donors (Lipinski definition) is 1. The molecule has 0 saturated heterocycles. The summed E-state index contributed by atoms with van der Waals surface area (Å²) >= 11 is 0. The third-order valence-electron chi connectivity index (χ3n) is 6.28. The molecule has 20 heavy (non-hydrogen) atoms. The van der Waals surface area contributed by atoms with E-state index in [1.165, 1.54) is 32.1 Å².